The third-order valence-corrected chi connectivity index (χ3v) is 1.92. The highest BCUT2D eigenvalue weighted by atomic mass is 32.2. The molecule has 1 aliphatic rings. The van der Waals surface area contributed by atoms with Crippen molar-refractivity contribution in [2.24, 2.45) is 0 Å². The zero-order valence-corrected chi connectivity index (χ0v) is 5.53. The van der Waals surface area contributed by atoms with Gasteiger partial charge in [-0.2, -0.15) is 0 Å². The van der Waals surface area contributed by atoms with E-state index in [4.69, 9.17) is 4.74 Å². The number of hydrogen-bond acceptors (Lipinski definition) is 3. The smallest absolute Gasteiger partial charge is 0.159 e. The van der Waals surface area contributed by atoms with Crippen LogP contribution in [-0.2, 0) is 9.53 Å². The quantitative estimate of drug-likeness (QED) is 0.524. The molecule has 0 aromatic rings. The first-order chi connectivity index (χ1) is 3.80. The molecule has 1 atom stereocenters. The molecule has 0 spiro atoms. The molecular weight excluding hydrogens is 124 g/mol. The van der Waals surface area contributed by atoms with Gasteiger partial charge < -0.3 is 4.74 Å². The molecule has 0 aromatic carbocycles. The van der Waals surface area contributed by atoms with Crippen molar-refractivity contribution in [1.29, 1.82) is 0 Å². The molecule has 1 rings (SSSR count). The van der Waals surface area contributed by atoms with Crippen LogP contribution in [0.1, 0.15) is 6.92 Å². The van der Waals surface area contributed by atoms with E-state index in [9.17, 15) is 4.79 Å². The van der Waals surface area contributed by atoms with E-state index < -0.39 is 0 Å². The van der Waals surface area contributed by atoms with Gasteiger partial charge in [0.05, 0.1) is 5.94 Å². The van der Waals surface area contributed by atoms with E-state index in [2.05, 4.69) is 0 Å². The van der Waals surface area contributed by atoms with E-state index in [1.54, 1.807) is 18.7 Å². The molecule has 0 saturated carbocycles. The van der Waals surface area contributed by atoms with E-state index >= 15 is 0 Å². The van der Waals surface area contributed by atoms with Crippen LogP contribution in [0.2, 0.25) is 0 Å². The van der Waals surface area contributed by atoms with Crippen molar-refractivity contribution in [3.63, 3.8) is 0 Å². The number of Topliss-reactive ketones (excluding diaryl/α,β-unsaturated/α-hetero) is 1. The minimum Gasteiger partial charge on any atom is -0.359 e. The predicted octanol–water partition coefficient (Wildman–Crippen LogP) is 0.665. The van der Waals surface area contributed by atoms with Crippen molar-refractivity contribution in [3.8, 4) is 0 Å². The molecule has 0 amide bonds. The summed E-state index contributed by atoms with van der Waals surface area (Å²) in [5.74, 6) is 1.68. The SMILES string of the molecule is CC(=O)[C@@H]1CSCO1. The molecule has 0 radical (unpaired) electrons. The lowest BCUT2D eigenvalue weighted by Crippen LogP contribution is -2.18. The van der Waals surface area contributed by atoms with Crippen LogP contribution in [0.5, 0.6) is 0 Å². The average Bonchev–Trinajstić information content (AvgIpc) is 2.12. The maximum atomic E-state index is 10.5. The average molecular weight is 132 g/mol. The van der Waals surface area contributed by atoms with E-state index in [0.717, 1.165) is 5.75 Å². The monoisotopic (exact) mass is 132 g/mol. The van der Waals surface area contributed by atoms with Gasteiger partial charge in [-0.25, -0.2) is 0 Å². The Morgan fingerprint density at radius 1 is 1.88 bits per heavy atom. The van der Waals surface area contributed by atoms with Crippen LogP contribution in [0.3, 0.4) is 0 Å². The molecule has 1 saturated heterocycles. The summed E-state index contributed by atoms with van der Waals surface area (Å²) >= 11 is 1.67. The van der Waals surface area contributed by atoms with Crippen molar-refractivity contribution < 1.29 is 9.53 Å². The maximum Gasteiger partial charge on any atom is 0.159 e. The van der Waals surface area contributed by atoms with Crippen molar-refractivity contribution in [1.82, 2.24) is 0 Å². The van der Waals surface area contributed by atoms with E-state index in [-0.39, 0.29) is 11.9 Å². The topological polar surface area (TPSA) is 26.3 Å². The second kappa shape index (κ2) is 2.51. The lowest BCUT2D eigenvalue weighted by Gasteiger charge is -1.99. The summed E-state index contributed by atoms with van der Waals surface area (Å²) in [6, 6.07) is 0. The molecule has 0 N–H and O–H groups in total. The van der Waals surface area contributed by atoms with Crippen LogP contribution in [-0.4, -0.2) is 23.6 Å². The highest BCUT2D eigenvalue weighted by Gasteiger charge is 2.19. The molecule has 2 nitrogen and oxygen atoms in total. The second-order valence-electron chi connectivity index (χ2n) is 1.75. The summed E-state index contributed by atoms with van der Waals surface area (Å²) < 4.78 is 5.03. The Kier molecular flexibility index (Phi) is 1.91. The fourth-order valence-electron chi connectivity index (χ4n) is 0.568. The summed E-state index contributed by atoms with van der Waals surface area (Å²) in [6.45, 7) is 1.57. The molecule has 46 valence electrons. The highest BCUT2D eigenvalue weighted by Crippen LogP contribution is 2.15. The Morgan fingerprint density at radius 2 is 2.62 bits per heavy atom. The Labute approximate surface area is 52.6 Å². The summed E-state index contributed by atoms with van der Waals surface area (Å²) in [5, 5.41) is 0. The molecular formula is C5H8O2S. The van der Waals surface area contributed by atoms with Gasteiger partial charge in [0.2, 0.25) is 0 Å². The molecule has 0 bridgehead atoms. The molecule has 8 heavy (non-hydrogen) atoms. The van der Waals surface area contributed by atoms with Gasteiger partial charge in [-0.15, -0.1) is 11.8 Å². The Bertz CT molecular complexity index is 96.6. The van der Waals surface area contributed by atoms with Gasteiger partial charge in [0.1, 0.15) is 6.10 Å². The molecule has 1 aliphatic heterocycles. The molecule has 0 aromatic heterocycles. The normalized spacial score (nSPS) is 28.4. The van der Waals surface area contributed by atoms with Crippen LogP contribution in [0.15, 0.2) is 0 Å². The van der Waals surface area contributed by atoms with Crippen LogP contribution in [0, 0.1) is 0 Å². The summed E-state index contributed by atoms with van der Waals surface area (Å²) in [7, 11) is 0. The number of ether oxygens (including phenoxy) is 1. The molecule has 1 heterocycles. The van der Waals surface area contributed by atoms with Crippen LogP contribution in [0.4, 0.5) is 0 Å². The fraction of sp³-hybridized carbons (Fsp3) is 0.800. The number of ketones is 1. The van der Waals surface area contributed by atoms with E-state index in [1.165, 1.54) is 0 Å². The fourth-order valence-corrected chi connectivity index (χ4v) is 1.47. The van der Waals surface area contributed by atoms with Gasteiger partial charge in [0.15, 0.2) is 5.78 Å². The highest BCUT2D eigenvalue weighted by molar-refractivity contribution is 7.99. The molecule has 1 fully saturated rings. The minimum absolute atomic E-state index is 0.111. The van der Waals surface area contributed by atoms with E-state index in [1.807, 2.05) is 0 Å². The third kappa shape index (κ3) is 1.23. The largest absolute Gasteiger partial charge is 0.359 e. The van der Waals surface area contributed by atoms with Crippen molar-refractivity contribution in [3.05, 3.63) is 0 Å². The minimum atomic E-state index is -0.111. The van der Waals surface area contributed by atoms with Crippen molar-refractivity contribution in [2.75, 3.05) is 11.7 Å². The van der Waals surface area contributed by atoms with Crippen LogP contribution >= 0.6 is 11.8 Å². The van der Waals surface area contributed by atoms with Crippen molar-refractivity contribution in [2.45, 2.75) is 13.0 Å². The Balaban J connectivity index is 2.35. The van der Waals surface area contributed by atoms with Gasteiger partial charge in [-0.3, -0.25) is 4.79 Å². The number of rotatable bonds is 1. The Morgan fingerprint density at radius 3 is 2.88 bits per heavy atom. The third-order valence-electron chi connectivity index (χ3n) is 1.08. The van der Waals surface area contributed by atoms with Gasteiger partial charge in [0, 0.05) is 5.75 Å². The van der Waals surface area contributed by atoms with Gasteiger partial charge in [-0.1, -0.05) is 0 Å². The maximum absolute atomic E-state index is 10.5. The van der Waals surface area contributed by atoms with Gasteiger partial charge in [-0.05, 0) is 6.92 Å². The standard InChI is InChI=1S/C5H8O2S/c1-4(6)5-2-8-3-7-5/h5H,2-3H2,1H3/t5-/m0/s1. The Hall–Kier alpha value is -0.0200. The lowest BCUT2D eigenvalue weighted by molar-refractivity contribution is -0.125. The second-order valence-corrected chi connectivity index (χ2v) is 2.73. The zero-order chi connectivity index (χ0) is 5.98. The van der Waals surface area contributed by atoms with E-state index in [0.29, 0.717) is 5.94 Å². The summed E-state index contributed by atoms with van der Waals surface area (Å²) in [4.78, 5) is 10.5. The number of carbonyl (C=O) groups excluding carboxylic acids is 1. The first-order valence-electron chi connectivity index (χ1n) is 2.50. The molecule has 0 unspecified atom stereocenters. The predicted molar refractivity (Wildman–Crippen MR) is 32.9 cm³/mol. The number of carbonyl (C=O) groups is 1. The number of thioether (sulfide) groups is 1. The summed E-state index contributed by atoms with van der Waals surface area (Å²) in [5.41, 5.74) is 0. The van der Waals surface area contributed by atoms with Gasteiger partial charge >= 0.3 is 0 Å². The van der Waals surface area contributed by atoms with Crippen LogP contribution in [0.25, 0.3) is 0 Å². The van der Waals surface area contributed by atoms with Gasteiger partial charge in [0.25, 0.3) is 0 Å². The lowest BCUT2D eigenvalue weighted by atomic mass is 10.3. The summed E-state index contributed by atoms with van der Waals surface area (Å²) in [6.07, 6.45) is -0.111. The molecule has 3 heteroatoms. The first kappa shape index (κ1) is 6.11. The van der Waals surface area contributed by atoms with Crippen molar-refractivity contribution >= 4 is 17.5 Å². The zero-order valence-electron chi connectivity index (χ0n) is 4.72. The van der Waals surface area contributed by atoms with Crippen LogP contribution < -0.4 is 0 Å². The number of hydrogen-bond donors (Lipinski definition) is 0. The first-order valence-corrected chi connectivity index (χ1v) is 3.66. The molecule has 0 aliphatic carbocycles.